The Bertz CT molecular complexity index is 1090. The molecular formula is C20H18N6O2. The Hall–Kier alpha value is -3.94. The Kier molecular flexibility index (Phi) is 4.83. The van der Waals surface area contributed by atoms with Crippen molar-refractivity contribution in [2.45, 2.75) is 0 Å². The molecule has 0 bridgehead atoms. The summed E-state index contributed by atoms with van der Waals surface area (Å²) in [7, 11) is 3.22. The molecule has 0 amide bonds. The van der Waals surface area contributed by atoms with Gasteiger partial charge in [0.15, 0.2) is 11.5 Å². The number of para-hydroxylation sites is 1. The molecule has 2 heterocycles. The molecule has 2 aromatic heterocycles. The maximum atomic E-state index is 5.43. The molecule has 4 rings (SSSR count). The van der Waals surface area contributed by atoms with Gasteiger partial charge >= 0.3 is 0 Å². The zero-order chi connectivity index (χ0) is 19.3. The monoisotopic (exact) mass is 374 g/mol. The van der Waals surface area contributed by atoms with Crippen molar-refractivity contribution in [3.63, 3.8) is 0 Å². The molecule has 0 aliphatic heterocycles. The average molecular weight is 374 g/mol. The lowest BCUT2D eigenvalue weighted by atomic mass is 10.1. The van der Waals surface area contributed by atoms with Crippen LogP contribution in [0, 0.1) is 0 Å². The first-order valence-corrected chi connectivity index (χ1v) is 8.55. The summed E-state index contributed by atoms with van der Waals surface area (Å²) in [4.78, 5) is 0. The number of nitrogens with zero attached hydrogens (tertiary/aromatic N) is 6. The molecule has 0 aliphatic carbocycles. The summed E-state index contributed by atoms with van der Waals surface area (Å²) in [5, 5.41) is 16.6. The molecule has 0 atom stereocenters. The van der Waals surface area contributed by atoms with Gasteiger partial charge in [-0.05, 0) is 30.3 Å². The van der Waals surface area contributed by atoms with Crippen LogP contribution in [-0.2, 0) is 0 Å². The first kappa shape index (κ1) is 17.5. The van der Waals surface area contributed by atoms with Crippen LogP contribution >= 0.6 is 0 Å². The third-order valence-corrected chi connectivity index (χ3v) is 4.16. The van der Waals surface area contributed by atoms with Crippen LogP contribution in [0.25, 0.3) is 16.9 Å². The predicted molar refractivity (Wildman–Crippen MR) is 105 cm³/mol. The van der Waals surface area contributed by atoms with Gasteiger partial charge in [0, 0.05) is 17.3 Å². The quantitative estimate of drug-likeness (QED) is 0.485. The van der Waals surface area contributed by atoms with Crippen LogP contribution in [-0.4, -0.2) is 45.1 Å². The molecule has 2 aromatic carbocycles. The number of hydrogen-bond donors (Lipinski definition) is 0. The van der Waals surface area contributed by atoms with Crippen LogP contribution < -0.4 is 9.47 Å². The van der Waals surface area contributed by atoms with E-state index >= 15 is 0 Å². The maximum absolute atomic E-state index is 5.43. The number of benzene rings is 2. The van der Waals surface area contributed by atoms with E-state index in [1.165, 1.54) is 17.3 Å². The van der Waals surface area contributed by atoms with Gasteiger partial charge in [0.25, 0.3) is 0 Å². The van der Waals surface area contributed by atoms with Crippen LogP contribution in [0.1, 0.15) is 5.56 Å². The van der Waals surface area contributed by atoms with Crippen molar-refractivity contribution in [1.82, 2.24) is 24.7 Å². The van der Waals surface area contributed by atoms with Crippen molar-refractivity contribution in [3.8, 4) is 28.4 Å². The summed E-state index contributed by atoms with van der Waals surface area (Å²) in [6, 6.07) is 15.6. The predicted octanol–water partition coefficient (Wildman–Crippen LogP) is 3.03. The summed E-state index contributed by atoms with van der Waals surface area (Å²) >= 11 is 0. The van der Waals surface area contributed by atoms with Gasteiger partial charge in [-0.15, -0.1) is 10.2 Å². The van der Waals surface area contributed by atoms with Crippen LogP contribution in [0.3, 0.4) is 0 Å². The third kappa shape index (κ3) is 3.48. The molecule has 8 nitrogen and oxygen atoms in total. The fourth-order valence-electron chi connectivity index (χ4n) is 2.79. The zero-order valence-corrected chi connectivity index (χ0v) is 15.4. The van der Waals surface area contributed by atoms with Gasteiger partial charge in [-0.25, -0.2) is 9.36 Å². The highest BCUT2D eigenvalue weighted by atomic mass is 16.5. The van der Waals surface area contributed by atoms with E-state index in [1.54, 1.807) is 20.4 Å². The summed E-state index contributed by atoms with van der Waals surface area (Å²) < 4.78 is 14.1. The minimum Gasteiger partial charge on any atom is -0.493 e. The molecule has 4 aromatic rings. The maximum Gasteiger partial charge on any atom is 0.161 e. The third-order valence-electron chi connectivity index (χ3n) is 4.16. The first-order valence-electron chi connectivity index (χ1n) is 8.55. The first-order chi connectivity index (χ1) is 13.8. The van der Waals surface area contributed by atoms with Gasteiger partial charge < -0.3 is 9.47 Å². The van der Waals surface area contributed by atoms with Gasteiger partial charge in [0.05, 0.1) is 26.1 Å². The molecule has 0 N–H and O–H groups in total. The van der Waals surface area contributed by atoms with Crippen molar-refractivity contribution in [2.75, 3.05) is 14.2 Å². The number of methoxy groups -OCH3 is 2. The van der Waals surface area contributed by atoms with Crippen LogP contribution in [0.15, 0.2) is 72.5 Å². The highest BCUT2D eigenvalue weighted by Crippen LogP contribution is 2.33. The summed E-state index contributed by atoms with van der Waals surface area (Å²) in [6.07, 6.45) is 6.69. The Morgan fingerprint density at radius 1 is 0.929 bits per heavy atom. The molecule has 0 radical (unpaired) electrons. The topological polar surface area (TPSA) is 79.4 Å². The molecule has 0 spiro atoms. The van der Waals surface area contributed by atoms with Crippen molar-refractivity contribution >= 4 is 6.21 Å². The number of rotatable bonds is 6. The molecule has 0 fully saturated rings. The van der Waals surface area contributed by atoms with Crippen LogP contribution in [0.2, 0.25) is 0 Å². The number of ether oxygens (including phenoxy) is 2. The Morgan fingerprint density at radius 3 is 2.39 bits per heavy atom. The summed E-state index contributed by atoms with van der Waals surface area (Å²) in [5.41, 5.74) is 3.44. The van der Waals surface area contributed by atoms with Gasteiger partial charge in [-0.1, -0.05) is 18.2 Å². The molecule has 0 unspecified atom stereocenters. The van der Waals surface area contributed by atoms with Gasteiger partial charge in [-0.2, -0.15) is 10.2 Å². The Labute approximate surface area is 161 Å². The summed E-state index contributed by atoms with van der Waals surface area (Å²) in [6.45, 7) is 0. The standard InChI is InChI=1S/C20H18N6O2/c1-27-18-9-8-15(10-19(18)28-2)20-16(11-23-25-13-21-22-14-25)12-26(24-20)17-6-4-3-5-7-17/h3-14H,1-2H3. The second-order valence-corrected chi connectivity index (χ2v) is 5.87. The van der Waals surface area contributed by atoms with Crippen molar-refractivity contribution < 1.29 is 9.47 Å². The second kappa shape index (κ2) is 7.75. The molecule has 0 saturated heterocycles. The Morgan fingerprint density at radius 2 is 1.68 bits per heavy atom. The fraction of sp³-hybridized carbons (Fsp3) is 0.100. The van der Waals surface area contributed by atoms with E-state index in [4.69, 9.17) is 14.6 Å². The summed E-state index contributed by atoms with van der Waals surface area (Å²) in [5.74, 6) is 1.30. The SMILES string of the molecule is COc1ccc(-c2nn(-c3ccccc3)cc2C=Nn2cnnc2)cc1OC. The van der Waals surface area contributed by atoms with Gasteiger partial charge in [0.2, 0.25) is 0 Å². The average Bonchev–Trinajstić information content (AvgIpc) is 3.42. The molecule has 0 aliphatic rings. The van der Waals surface area contributed by atoms with E-state index in [1.807, 2.05) is 59.4 Å². The van der Waals surface area contributed by atoms with E-state index in [-0.39, 0.29) is 0 Å². The number of hydrogen-bond acceptors (Lipinski definition) is 6. The minimum absolute atomic E-state index is 0.635. The zero-order valence-electron chi connectivity index (χ0n) is 15.4. The van der Waals surface area contributed by atoms with Gasteiger partial charge in [0.1, 0.15) is 18.3 Å². The largest absolute Gasteiger partial charge is 0.493 e. The van der Waals surface area contributed by atoms with E-state index in [0.29, 0.717) is 11.5 Å². The van der Waals surface area contributed by atoms with E-state index < -0.39 is 0 Å². The van der Waals surface area contributed by atoms with E-state index in [9.17, 15) is 0 Å². The normalized spacial score (nSPS) is 11.1. The molecule has 28 heavy (non-hydrogen) atoms. The Balaban J connectivity index is 1.81. The number of aromatic nitrogens is 5. The highest BCUT2D eigenvalue weighted by molar-refractivity contribution is 5.89. The highest BCUT2D eigenvalue weighted by Gasteiger charge is 2.14. The van der Waals surface area contributed by atoms with Crippen molar-refractivity contribution in [1.29, 1.82) is 0 Å². The lowest BCUT2D eigenvalue weighted by Gasteiger charge is -2.09. The van der Waals surface area contributed by atoms with E-state index in [0.717, 1.165) is 22.5 Å². The van der Waals surface area contributed by atoms with Crippen LogP contribution in [0.5, 0.6) is 11.5 Å². The second-order valence-electron chi connectivity index (χ2n) is 5.87. The fourth-order valence-corrected chi connectivity index (χ4v) is 2.79. The molecule has 140 valence electrons. The van der Waals surface area contributed by atoms with Crippen molar-refractivity contribution in [2.24, 2.45) is 5.10 Å². The molecule has 8 heteroatoms. The smallest absolute Gasteiger partial charge is 0.161 e. The van der Waals surface area contributed by atoms with Gasteiger partial charge in [-0.3, -0.25) is 0 Å². The lowest BCUT2D eigenvalue weighted by Crippen LogP contribution is -1.95. The van der Waals surface area contributed by atoms with Crippen molar-refractivity contribution in [3.05, 3.63) is 72.9 Å². The van der Waals surface area contributed by atoms with Crippen LogP contribution in [0.4, 0.5) is 0 Å². The molecular weight excluding hydrogens is 356 g/mol. The van der Waals surface area contributed by atoms with E-state index in [2.05, 4.69) is 15.3 Å². The minimum atomic E-state index is 0.635. The molecule has 0 saturated carbocycles. The lowest BCUT2D eigenvalue weighted by molar-refractivity contribution is 0.355.